The summed E-state index contributed by atoms with van der Waals surface area (Å²) in [6, 6.07) is 10.1. The summed E-state index contributed by atoms with van der Waals surface area (Å²) in [6.45, 7) is 5.98. The third-order valence-corrected chi connectivity index (χ3v) is 5.15. The van der Waals surface area contributed by atoms with E-state index in [0.29, 0.717) is 24.3 Å². The number of urea groups is 1. The van der Waals surface area contributed by atoms with Crippen molar-refractivity contribution in [3.05, 3.63) is 65.4 Å². The van der Waals surface area contributed by atoms with Gasteiger partial charge in [0.1, 0.15) is 5.82 Å². The van der Waals surface area contributed by atoms with Crippen molar-refractivity contribution in [2.45, 2.75) is 39.0 Å². The molecule has 3 amide bonds. The number of fused-ring (bicyclic) bond motifs is 1. The number of nitrogens with zero attached hydrogens (tertiary/aromatic N) is 2. The highest BCUT2D eigenvalue weighted by Crippen LogP contribution is 2.30. The van der Waals surface area contributed by atoms with Crippen LogP contribution in [0.1, 0.15) is 38.4 Å². The molecule has 1 aromatic heterocycles. The third kappa shape index (κ3) is 4.32. The first-order valence-corrected chi connectivity index (χ1v) is 10.2. The highest BCUT2D eigenvalue weighted by molar-refractivity contribution is 5.99. The van der Waals surface area contributed by atoms with E-state index in [1.807, 2.05) is 26.8 Å². The van der Waals surface area contributed by atoms with E-state index in [0.717, 1.165) is 23.0 Å². The van der Waals surface area contributed by atoms with E-state index in [1.165, 1.54) is 12.1 Å². The van der Waals surface area contributed by atoms with E-state index in [1.54, 1.807) is 22.9 Å². The Morgan fingerprint density at radius 2 is 1.88 bits per heavy atom. The van der Waals surface area contributed by atoms with Gasteiger partial charge in [-0.1, -0.05) is 26.8 Å². The fourth-order valence-corrected chi connectivity index (χ4v) is 3.41. The smallest absolute Gasteiger partial charge is 0.324 e. The fraction of sp³-hybridized carbons (Fsp3) is 0.261. The standard InChI is InChI=1S/C23H23F2N5O2/c1-23(2,3)18-12-19(28-22(32)27-17-6-4-5-15(24)21(17)25)30(29-18)14-8-9-16-13(11-14)7-10-20(31)26-16/h4-6,8-9,11-12H,7,10H2,1-3H3,(H,26,31)(H2,27,28,32). The van der Waals surface area contributed by atoms with Crippen molar-refractivity contribution in [1.82, 2.24) is 9.78 Å². The van der Waals surface area contributed by atoms with Gasteiger partial charge in [-0.25, -0.2) is 18.3 Å². The van der Waals surface area contributed by atoms with E-state index in [2.05, 4.69) is 21.0 Å². The highest BCUT2D eigenvalue weighted by atomic mass is 19.2. The lowest BCUT2D eigenvalue weighted by Gasteiger charge is -2.18. The molecule has 4 rings (SSSR count). The van der Waals surface area contributed by atoms with Crippen LogP contribution >= 0.6 is 0 Å². The molecule has 0 saturated heterocycles. The number of hydrogen-bond donors (Lipinski definition) is 3. The van der Waals surface area contributed by atoms with Gasteiger partial charge in [-0.3, -0.25) is 10.1 Å². The fourth-order valence-electron chi connectivity index (χ4n) is 3.41. The van der Waals surface area contributed by atoms with Crippen molar-refractivity contribution in [2.24, 2.45) is 0 Å². The van der Waals surface area contributed by atoms with Crippen LogP contribution in [-0.4, -0.2) is 21.7 Å². The second kappa shape index (κ2) is 8.07. The molecular formula is C23H23F2N5O2. The number of aromatic nitrogens is 2. The number of rotatable bonds is 3. The van der Waals surface area contributed by atoms with Gasteiger partial charge in [0.15, 0.2) is 11.6 Å². The summed E-state index contributed by atoms with van der Waals surface area (Å²) in [5, 5.41) is 12.5. The molecule has 9 heteroatoms. The molecule has 0 atom stereocenters. The lowest BCUT2D eigenvalue weighted by molar-refractivity contribution is -0.116. The number of halogens is 2. The van der Waals surface area contributed by atoms with Gasteiger partial charge in [0.05, 0.1) is 17.1 Å². The van der Waals surface area contributed by atoms with Crippen LogP contribution in [0.3, 0.4) is 0 Å². The summed E-state index contributed by atoms with van der Waals surface area (Å²) in [5.41, 5.74) is 2.58. The number of carbonyl (C=O) groups excluding carboxylic acids is 2. The number of amides is 3. The average Bonchev–Trinajstić information content (AvgIpc) is 3.15. The Kier molecular flexibility index (Phi) is 5.41. The lowest BCUT2D eigenvalue weighted by Crippen LogP contribution is -2.22. The molecule has 0 aliphatic carbocycles. The first kappa shape index (κ1) is 21.5. The monoisotopic (exact) mass is 439 g/mol. The molecule has 0 spiro atoms. The van der Waals surface area contributed by atoms with Crippen LogP contribution in [0, 0.1) is 11.6 Å². The van der Waals surface area contributed by atoms with Crippen LogP contribution in [0.25, 0.3) is 5.69 Å². The highest BCUT2D eigenvalue weighted by Gasteiger charge is 2.23. The minimum absolute atomic E-state index is 0.0250. The largest absolute Gasteiger partial charge is 0.326 e. The van der Waals surface area contributed by atoms with Crippen LogP contribution in [-0.2, 0) is 16.6 Å². The third-order valence-electron chi connectivity index (χ3n) is 5.15. The molecule has 0 radical (unpaired) electrons. The van der Waals surface area contributed by atoms with Gasteiger partial charge >= 0.3 is 6.03 Å². The summed E-state index contributed by atoms with van der Waals surface area (Å²) in [6.07, 6.45) is 1.00. The molecule has 1 aliphatic heterocycles. The minimum atomic E-state index is -1.14. The zero-order valence-electron chi connectivity index (χ0n) is 17.9. The first-order valence-electron chi connectivity index (χ1n) is 10.2. The number of carbonyl (C=O) groups is 2. The lowest BCUT2D eigenvalue weighted by atomic mass is 9.92. The SMILES string of the molecule is CC(C)(C)c1cc(NC(=O)Nc2cccc(F)c2F)n(-c2ccc3c(c2)CCC(=O)N3)n1. The van der Waals surface area contributed by atoms with E-state index in [-0.39, 0.29) is 17.0 Å². The summed E-state index contributed by atoms with van der Waals surface area (Å²) >= 11 is 0. The Morgan fingerprint density at radius 1 is 1.09 bits per heavy atom. The van der Waals surface area contributed by atoms with Crippen LogP contribution in [0.4, 0.5) is 30.8 Å². The van der Waals surface area contributed by atoms with Crippen LogP contribution < -0.4 is 16.0 Å². The van der Waals surface area contributed by atoms with Gasteiger partial charge in [-0.15, -0.1) is 0 Å². The normalized spacial score (nSPS) is 13.3. The van der Waals surface area contributed by atoms with Crippen LogP contribution in [0.2, 0.25) is 0 Å². The first-order chi connectivity index (χ1) is 15.1. The van der Waals surface area contributed by atoms with Crippen molar-refractivity contribution >= 4 is 29.1 Å². The molecule has 3 aromatic rings. The number of aryl methyl sites for hydroxylation is 1. The van der Waals surface area contributed by atoms with E-state index < -0.39 is 17.7 Å². The molecule has 2 aromatic carbocycles. The van der Waals surface area contributed by atoms with Crippen molar-refractivity contribution < 1.29 is 18.4 Å². The van der Waals surface area contributed by atoms with Crippen molar-refractivity contribution in [3.8, 4) is 5.69 Å². The molecule has 0 fully saturated rings. The molecule has 1 aliphatic rings. The second-order valence-corrected chi connectivity index (χ2v) is 8.65. The van der Waals surface area contributed by atoms with Gasteiger partial charge in [0, 0.05) is 23.6 Å². The number of hydrogen-bond acceptors (Lipinski definition) is 3. The van der Waals surface area contributed by atoms with Crippen molar-refractivity contribution in [1.29, 1.82) is 0 Å². The summed E-state index contributed by atoms with van der Waals surface area (Å²) in [7, 11) is 0. The Morgan fingerprint density at radius 3 is 2.62 bits per heavy atom. The molecule has 32 heavy (non-hydrogen) atoms. The number of anilines is 3. The quantitative estimate of drug-likeness (QED) is 0.538. The molecular weight excluding hydrogens is 416 g/mol. The Hall–Kier alpha value is -3.75. The van der Waals surface area contributed by atoms with Gasteiger partial charge in [0.2, 0.25) is 5.91 Å². The van der Waals surface area contributed by atoms with Gasteiger partial charge in [0.25, 0.3) is 0 Å². The Bertz CT molecular complexity index is 1210. The minimum Gasteiger partial charge on any atom is -0.326 e. The predicted molar refractivity (Wildman–Crippen MR) is 118 cm³/mol. The molecule has 0 saturated carbocycles. The summed E-state index contributed by atoms with van der Waals surface area (Å²) < 4.78 is 29.0. The summed E-state index contributed by atoms with van der Waals surface area (Å²) in [5.74, 6) is -1.85. The zero-order valence-corrected chi connectivity index (χ0v) is 17.9. The maximum Gasteiger partial charge on any atom is 0.324 e. The average molecular weight is 439 g/mol. The summed E-state index contributed by atoms with van der Waals surface area (Å²) in [4.78, 5) is 24.2. The van der Waals surface area contributed by atoms with Gasteiger partial charge < -0.3 is 10.6 Å². The van der Waals surface area contributed by atoms with Crippen molar-refractivity contribution in [3.63, 3.8) is 0 Å². The van der Waals surface area contributed by atoms with Crippen LogP contribution in [0.15, 0.2) is 42.5 Å². The van der Waals surface area contributed by atoms with E-state index >= 15 is 0 Å². The van der Waals surface area contributed by atoms with E-state index in [4.69, 9.17) is 0 Å². The zero-order chi connectivity index (χ0) is 23.0. The molecule has 0 unspecified atom stereocenters. The molecule has 3 N–H and O–H groups in total. The van der Waals surface area contributed by atoms with Crippen LogP contribution in [0.5, 0.6) is 0 Å². The van der Waals surface area contributed by atoms with Crippen molar-refractivity contribution in [2.75, 3.05) is 16.0 Å². The van der Waals surface area contributed by atoms with Gasteiger partial charge in [-0.2, -0.15) is 5.10 Å². The molecule has 2 heterocycles. The number of benzene rings is 2. The second-order valence-electron chi connectivity index (χ2n) is 8.65. The molecule has 7 nitrogen and oxygen atoms in total. The maximum absolute atomic E-state index is 13.9. The topological polar surface area (TPSA) is 88.0 Å². The van der Waals surface area contributed by atoms with Gasteiger partial charge in [-0.05, 0) is 42.3 Å². The molecule has 0 bridgehead atoms. The maximum atomic E-state index is 13.9. The molecule has 166 valence electrons. The Balaban J connectivity index is 1.66. The Labute approximate surface area is 183 Å². The predicted octanol–water partition coefficient (Wildman–Crippen LogP) is 4.98. The number of nitrogens with one attached hydrogen (secondary N) is 3. The van der Waals surface area contributed by atoms with E-state index in [9.17, 15) is 18.4 Å².